The van der Waals surface area contributed by atoms with Crippen molar-refractivity contribution in [2.45, 2.75) is 36.6 Å². The lowest BCUT2D eigenvalue weighted by molar-refractivity contribution is -0.251. The predicted octanol–water partition coefficient (Wildman–Crippen LogP) is -3.73. The van der Waals surface area contributed by atoms with Crippen molar-refractivity contribution in [3.63, 3.8) is 0 Å². The molecule has 1 rings (SSSR count). The highest BCUT2D eigenvalue weighted by molar-refractivity contribution is 5.65. The molecule has 0 aromatic carbocycles. The van der Waals surface area contributed by atoms with E-state index in [1.54, 1.807) is 0 Å². The highest BCUT2D eigenvalue weighted by Crippen LogP contribution is 2.25. The minimum Gasteiger partial charge on any atom is -0.441 e. The molecule has 1 heterocycles. The third-order valence-corrected chi connectivity index (χ3v) is 3.08. The number of hydrogen-bond donors (Lipinski definition) is 6. The van der Waals surface area contributed by atoms with Gasteiger partial charge < -0.3 is 46.1 Å². The van der Waals surface area contributed by atoms with Gasteiger partial charge in [0.15, 0.2) is 6.10 Å². The number of aliphatic hydroxyl groups is 4. The van der Waals surface area contributed by atoms with Crippen molar-refractivity contribution >= 4 is 6.09 Å². The van der Waals surface area contributed by atoms with Gasteiger partial charge in [0.25, 0.3) is 0 Å². The van der Waals surface area contributed by atoms with Crippen LogP contribution in [-0.4, -0.2) is 89.5 Å². The maximum atomic E-state index is 10.8. The number of aliphatic hydroxyl groups excluding tert-OH is 4. The number of ether oxygens (including phenoxy) is 3. The molecule has 1 fully saturated rings. The SMILES string of the molecule is NCCOCC(O)[C@H]1O[C@H](CO)[C@@H](O)[C@H](OC(N)=O)[C@@H]1O. The van der Waals surface area contributed by atoms with Gasteiger partial charge in [-0.25, -0.2) is 4.79 Å². The second kappa shape index (κ2) is 8.44. The van der Waals surface area contributed by atoms with E-state index >= 15 is 0 Å². The molecule has 1 saturated heterocycles. The lowest BCUT2D eigenvalue weighted by atomic mass is 9.92. The fourth-order valence-corrected chi connectivity index (χ4v) is 2.09. The molecule has 6 atom stereocenters. The Morgan fingerprint density at radius 1 is 1.33 bits per heavy atom. The first kappa shape index (κ1) is 18.0. The van der Waals surface area contributed by atoms with Crippen LogP contribution < -0.4 is 11.5 Å². The second-order valence-electron chi connectivity index (χ2n) is 4.64. The molecule has 0 saturated carbocycles. The minimum atomic E-state index is -1.54. The van der Waals surface area contributed by atoms with Gasteiger partial charge in [-0.1, -0.05) is 0 Å². The van der Waals surface area contributed by atoms with Crippen LogP contribution >= 0.6 is 0 Å². The molecule has 0 aromatic rings. The number of carbonyl (C=O) groups is 1. The summed E-state index contributed by atoms with van der Waals surface area (Å²) in [6.07, 6.45) is -9.30. The van der Waals surface area contributed by atoms with Gasteiger partial charge in [0.2, 0.25) is 0 Å². The van der Waals surface area contributed by atoms with E-state index in [9.17, 15) is 20.1 Å². The molecule has 10 heteroatoms. The van der Waals surface area contributed by atoms with Gasteiger partial charge in [-0.15, -0.1) is 0 Å². The summed E-state index contributed by atoms with van der Waals surface area (Å²) >= 11 is 0. The van der Waals surface area contributed by atoms with E-state index in [0.717, 1.165) is 0 Å². The smallest absolute Gasteiger partial charge is 0.404 e. The Morgan fingerprint density at radius 3 is 2.52 bits per heavy atom. The minimum absolute atomic E-state index is 0.184. The molecule has 1 amide bonds. The molecule has 21 heavy (non-hydrogen) atoms. The van der Waals surface area contributed by atoms with Crippen molar-refractivity contribution in [2.75, 3.05) is 26.4 Å². The van der Waals surface area contributed by atoms with Crippen LogP contribution in [0.2, 0.25) is 0 Å². The molecule has 0 aliphatic carbocycles. The van der Waals surface area contributed by atoms with E-state index < -0.39 is 49.3 Å². The van der Waals surface area contributed by atoms with Crippen LogP contribution in [0.4, 0.5) is 4.79 Å². The average Bonchev–Trinajstić information content (AvgIpc) is 2.43. The molecular formula is C11H22N2O8. The van der Waals surface area contributed by atoms with E-state index in [1.807, 2.05) is 0 Å². The van der Waals surface area contributed by atoms with Crippen molar-refractivity contribution in [3.8, 4) is 0 Å². The maximum absolute atomic E-state index is 10.8. The first-order valence-corrected chi connectivity index (χ1v) is 6.46. The van der Waals surface area contributed by atoms with Gasteiger partial charge in [0, 0.05) is 6.54 Å². The highest BCUT2D eigenvalue weighted by atomic mass is 16.6. The number of carbonyl (C=O) groups excluding carboxylic acids is 1. The molecule has 0 radical (unpaired) electrons. The number of nitrogens with two attached hydrogens (primary N) is 2. The quantitative estimate of drug-likeness (QED) is 0.258. The molecule has 0 bridgehead atoms. The number of hydrogen-bond acceptors (Lipinski definition) is 9. The van der Waals surface area contributed by atoms with Crippen LogP contribution in [0, 0.1) is 0 Å². The zero-order valence-corrected chi connectivity index (χ0v) is 11.4. The van der Waals surface area contributed by atoms with E-state index in [2.05, 4.69) is 4.74 Å². The van der Waals surface area contributed by atoms with Crippen LogP contribution in [0.25, 0.3) is 0 Å². The molecule has 1 unspecified atom stereocenters. The standard InChI is InChI=1S/C11H22N2O8/c12-1-2-19-4-5(15)9-8(17)10(21-11(13)18)7(16)6(3-14)20-9/h5-10,14-17H,1-4,12H2,(H2,13,18)/t5?,6-,7-,8-,9-,10+/m1/s1. The van der Waals surface area contributed by atoms with Gasteiger partial charge in [0.1, 0.15) is 30.5 Å². The van der Waals surface area contributed by atoms with Crippen molar-refractivity contribution in [1.29, 1.82) is 0 Å². The molecule has 8 N–H and O–H groups in total. The predicted molar refractivity (Wildman–Crippen MR) is 68.1 cm³/mol. The number of primary amides is 1. The third-order valence-electron chi connectivity index (χ3n) is 3.08. The van der Waals surface area contributed by atoms with Crippen molar-refractivity contribution < 1.29 is 39.4 Å². The topological polar surface area (TPSA) is 178 Å². The van der Waals surface area contributed by atoms with Gasteiger partial charge in [-0.05, 0) is 0 Å². The summed E-state index contributed by atoms with van der Waals surface area (Å²) in [6.45, 7) is -0.324. The van der Waals surface area contributed by atoms with E-state index in [4.69, 9.17) is 26.0 Å². The van der Waals surface area contributed by atoms with Crippen molar-refractivity contribution in [1.82, 2.24) is 0 Å². The Kier molecular flexibility index (Phi) is 7.25. The van der Waals surface area contributed by atoms with Gasteiger partial charge in [0.05, 0.1) is 19.8 Å². The molecule has 124 valence electrons. The van der Waals surface area contributed by atoms with Crippen LogP contribution in [0.1, 0.15) is 0 Å². The molecule has 1 aliphatic rings. The zero-order chi connectivity index (χ0) is 16.0. The first-order chi connectivity index (χ1) is 9.92. The lowest BCUT2D eigenvalue weighted by Gasteiger charge is -2.42. The average molecular weight is 310 g/mol. The van der Waals surface area contributed by atoms with Crippen molar-refractivity contribution in [2.24, 2.45) is 11.5 Å². The summed E-state index contributed by atoms with van der Waals surface area (Å²) in [5, 5.41) is 39.0. The van der Waals surface area contributed by atoms with Gasteiger partial charge >= 0.3 is 6.09 Å². The lowest BCUT2D eigenvalue weighted by Crippen LogP contribution is -2.63. The molecule has 10 nitrogen and oxygen atoms in total. The summed E-state index contributed by atoms with van der Waals surface area (Å²) in [7, 11) is 0. The maximum Gasteiger partial charge on any atom is 0.404 e. The fourth-order valence-electron chi connectivity index (χ4n) is 2.09. The summed E-state index contributed by atoms with van der Waals surface area (Å²) in [6, 6.07) is 0. The zero-order valence-electron chi connectivity index (χ0n) is 11.4. The number of amides is 1. The molecule has 1 aliphatic heterocycles. The van der Waals surface area contributed by atoms with Gasteiger partial charge in [-0.2, -0.15) is 0 Å². The summed E-state index contributed by atoms with van der Waals surface area (Å²) in [5.74, 6) is 0. The Bertz CT molecular complexity index is 331. The Balaban J connectivity index is 2.75. The van der Waals surface area contributed by atoms with Crippen LogP contribution in [0.3, 0.4) is 0 Å². The Morgan fingerprint density at radius 2 is 2.00 bits per heavy atom. The van der Waals surface area contributed by atoms with Crippen LogP contribution in [0.15, 0.2) is 0 Å². The summed E-state index contributed by atoms with van der Waals surface area (Å²) in [5.41, 5.74) is 10.1. The van der Waals surface area contributed by atoms with Crippen LogP contribution in [-0.2, 0) is 14.2 Å². The molecular weight excluding hydrogens is 288 g/mol. The second-order valence-corrected chi connectivity index (χ2v) is 4.64. The Hall–Kier alpha value is -1.01. The first-order valence-electron chi connectivity index (χ1n) is 6.46. The van der Waals surface area contributed by atoms with Crippen LogP contribution in [0.5, 0.6) is 0 Å². The monoisotopic (exact) mass is 310 g/mol. The fraction of sp³-hybridized carbons (Fsp3) is 0.909. The summed E-state index contributed by atoms with van der Waals surface area (Å²) in [4.78, 5) is 10.8. The molecule has 0 spiro atoms. The third kappa shape index (κ3) is 4.74. The molecule has 0 aromatic heterocycles. The number of rotatable bonds is 7. The normalized spacial score (nSPS) is 34.4. The summed E-state index contributed by atoms with van der Waals surface area (Å²) < 4.78 is 14.9. The highest BCUT2D eigenvalue weighted by Gasteiger charge is 2.48. The van der Waals surface area contributed by atoms with Crippen molar-refractivity contribution in [3.05, 3.63) is 0 Å². The van der Waals surface area contributed by atoms with Gasteiger partial charge in [-0.3, -0.25) is 0 Å². The van der Waals surface area contributed by atoms with E-state index in [1.165, 1.54) is 0 Å². The Labute approximate surface area is 121 Å². The van der Waals surface area contributed by atoms with E-state index in [0.29, 0.717) is 0 Å². The van der Waals surface area contributed by atoms with E-state index in [-0.39, 0.29) is 19.8 Å². The largest absolute Gasteiger partial charge is 0.441 e.